The summed E-state index contributed by atoms with van der Waals surface area (Å²) >= 11 is 0. The highest BCUT2D eigenvalue weighted by Crippen LogP contribution is 2.26. The zero-order chi connectivity index (χ0) is 15.9. The molecule has 0 amide bonds. The number of ether oxygens (including phenoxy) is 1. The summed E-state index contributed by atoms with van der Waals surface area (Å²) in [7, 11) is 1.37. The van der Waals surface area contributed by atoms with E-state index in [4.69, 9.17) is 4.74 Å². The zero-order valence-electron chi connectivity index (χ0n) is 12.9. The lowest BCUT2D eigenvalue weighted by Crippen LogP contribution is -2.13. The monoisotopic (exact) mass is 296 g/mol. The van der Waals surface area contributed by atoms with E-state index in [9.17, 15) is 9.59 Å². The van der Waals surface area contributed by atoms with E-state index in [1.807, 2.05) is 49.4 Å². The third kappa shape index (κ3) is 4.29. The number of hydrogen-bond acceptors (Lipinski definition) is 3. The van der Waals surface area contributed by atoms with Crippen molar-refractivity contribution < 1.29 is 14.3 Å². The molecular weight excluding hydrogens is 276 g/mol. The fourth-order valence-corrected chi connectivity index (χ4v) is 2.40. The third-order valence-electron chi connectivity index (χ3n) is 3.72. The highest BCUT2D eigenvalue weighted by molar-refractivity contribution is 5.96. The van der Waals surface area contributed by atoms with Gasteiger partial charge in [-0.05, 0) is 12.5 Å². The van der Waals surface area contributed by atoms with Gasteiger partial charge in [-0.25, -0.2) is 0 Å². The predicted molar refractivity (Wildman–Crippen MR) is 85.9 cm³/mol. The van der Waals surface area contributed by atoms with Crippen molar-refractivity contribution in [3.63, 3.8) is 0 Å². The van der Waals surface area contributed by atoms with Crippen LogP contribution in [-0.4, -0.2) is 18.9 Å². The summed E-state index contributed by atoms with van der Waals surface area (Å²) in [5, 5.41) is 0. The van der Waals surface area contributed by atoms with Crippen molar-refractivity contribution in [3.05, 3.63) is 71.3 Å². The lowest BCUT2D eigenvalue weighted by atomic mass is 9.88. The van der Waals surface area contributed by atoms with Gasteiger partial charge in [0.05, 0.1) is 13.5 Å². The Balaban J connectivity index is 2.19. The summed E-state index contributed by atoms with van der Waals surface area (Å²) in [6.45, 7) is 2.01. The van der Waals surface area contributed by atoms with Crippen LogP contribution in [0.3, 0.4) is 0 Å². The van der Waals surface area contributed by atoms with E-state index in [0.717, 1.165) is 11.1 Å². The first kappa shape index (κ1) is 16.0. The molecule has 2 aromatic rings. The maximum absolute atomic E-state index is 12.4. The number of esters is 1. The van der Waals surface area contributed by atoms with Crippen LogP contribution in [0, 0.1) is 6.92 Å². The Hall–Kier alpha value is -2.42. The third-order valence-corrected chi connectivity index (χ3v) is 3.72. The van der Waals surface area contributed by atoms with Crippen molar-refractivity contribution in [3.8, 4) is 0 Å². The van der Waals surface area contributed by atoms with Crippen LogP contribution in [0.5, 0.6) is 0 Å². The maximum atomic E-state index is 12.4. The van der Waals surface area contributed by atoms with Crippen molar-refractivity contribution in [1.29, 1.82) is 0 Å². The normalized spacial score (nSPS) is 11.7. The molecule has 0 bridgehead atoms. The van der Waals surface area contributed by atoms with E-state index in [2.05, 4.69) is 0 Å². The second-order valence-electron chi connectivity index (χ2n) is 5.38. The SMILES string of the molecule is COC(=O)C[C@H](CC(=O)c1ccccc1)c1ccc(C)cc1. The highest BCUT2D eigenvalue weighted by atomic mass is 16.5. The fourth-order valence-electron chi connectivity index (χ4n) is 2.40. The molecule has 0 fully saturated rings. The van der Waals surface area contributed by atoms with Gasteiger partial charge in [0, 0.05) is 17.9 Å². The molecule has 0 radical (unpaired) electrons. The topological polar surface area (TPSA) is 43.4 Å². The van der Waals surface area contributed by atoms with Crippen molar-refractivity contribution in [2.75, 3.05) is 7.11 Å². The largest absolute Gasteiger partial charge is 0.469 e. The van der Waals surface area contributed by atoms with Crippen LogP contribution in [0.4, 0.5) is 0 Å². The van der Waals surface area contributed by atoms with E-state index >= 15 is 0 Å². The summed E-state index contributed by atoms with van der Waals surface area (Å²) in [4.78, 5) is 24.1. The van der Waals surface area contributed by atoms with Gasteiger partial charge in [-0.3, -0.25) is 9.59 Å². The number of hydrogen-bond donors (Lipinski definition) is 0. The van der Waals surface area contributed by atoms with Gasteiger partial charge in [-0.1, -0.05) is 60.2 Å². The molecule has 114 valence electrons. The van der Waals surface area contributed by atoms with Gasteiger partial charge in [0.15, 0.2) is 5.78 Å². The minimum atomic E-state index is -0.300. The van der Waals surface area contributed by atoms with E-state index in [0.29, 0.717) is 12.0 Å². The number of carbonyl (C=O) groups is 2. The lowest BCUT2D eigenvalue weighted by molar-refractivity contribution is -0.141. The number of Topliss-reactive ketones (excluding diaryl/α,β-unsaturated/α-hetero) is 1. The van der Waals surface area contributed by atoms with Crippen molar-refractivity contribution in [2.45, 2.75) is 25.7 Å². The van der Waals surface area contributed by atoms with Gasteiger partial charge in [0.25, 0.3) is 0 Å². The summed E-state index contributed by atoms with van der Waals surface area (Å²) in [6.07, 6.45) is 0.500. The molecule has 22 heavy (non-hydrogen) atoms. The summed E-state index contributed by atoms with van der Waals surface area (Å²) in [5.74, 6) is -0.428. The zero-order valence-corrected chi connectivity index (χ0v) is 12.9. The van der Waals surface area contributed by atoms with Gasteiger partial charge in [0.1, 0.15) is 0 Å². The molecular formula is C19H20O3. The van der Waals surface area contributed by atoms with Crippen LogP contribution in [-0.2, 0) is 9.53 Å². The van der Waals surface area contributed by atoms with Crippen LogP contribution in [0.15, 0.2) is 54.6 Å². The quantitative estimate of drug-likeness (QED) is 0.599. The maximum Gasteiger partial charge on any atom is 0.306 e. The van der Waals surface area contributed by atoms with E-state index in [1.54, 1.807) is 12.1 Å². The molecule has 0 saturated carbocycles. The number of benzene rings is 2. The lowest BCUT2D eigenvalue weighted by Gasteiger charge is -2.16. The Morgan fingerprint density at radius 2 is 1.59 bits per heavy atom. The molecule has 0 unspecified atom stereocenters. The Labute approximate surface area is 130 Å². The molecule has 0 saturated heterocycles. The standard InChI is InChI=1S/C19H20O3/c1-14-8-10-15(11-9-14)17(13-19(21)22-2)12-18(20)16-6-4-3-5-7-16/h3-11,17H,12-13H2,1-2H3/t17-/m0/s1. The van der Waals surface area contributed by atoms with Crippen LogP contribution in [0.25, 0.3) is 0 Å². The number of rotatable bonds is 6. The first-order valence-electron chi connectivity index (χ1n) is 7.31. The van der Waals surface area contributed by atoms with Crippen molar-refractivity contribution in [2.24, 2.45) is 0 Å². The first-order chi connectivity index (χ1) is 10.6. The number of carbonyl (C=O) groups excluding carboxylic acids is 2. The average Bonchev–Trinajstić information content (AvgIpc) is 2.55. The fraction of sp³-hybridized carbons (Fsp3) is 0.263. The molecule has 1 atom stereocenters. The molecule has 0 aliphatic rings. The second kappa shape index (κ2) is 7.55. The summed E-state index contributed by atoms with van der Waals surface area (Å²) < 4.78 is 4.76. The molecule has 2 aromatic carbocycles. The molecule has 0 N–H and O–H groups in total. The minimum absolute atomic E-state index is 0.0371. The summed E-state index contributed by atoms with van der Waals surface area (Å²) in [5.41, 5.74) is 2.81. The second-order valence-corrected chi connectivity index (χ2v) is 5.38. The molecule has 0 aliphatic carbocycles. The highest BCUT2D eigenvalue weighted by Gasteiger charge is 2.20. The van der Waals surface area contributed by atoms with Gasteiger partial charge in [-0.15, -0.1) is 0 Å². The molecule has 0 aromatic heterocycles. The minimum Gasteiger partial charge on any atom is -0.469 e. The smallest absolute Gasteiger partial charge is 0.306 e. The molecule has 3 nitrogen and oxygen atoms in total. The number of ketones is 1. The first-order valence-corrected chi connectivity index (χ1v) is 7.31. The van der Waals surface area contributed by atoms with Crippen molar-refractivity contribution >= 4 is 11.8 Å². The van der Waals surface area contributed by atoms with E-state index < -0.39 is 0 Å². The molecule has 0 aliphatic heterocycles. The van der Waals surface area contributed by atoms with E-state index in [1.165, 1.54) is 7.11 Å². The van der Waals surface area contributed by atoms with Crippen LogP contribution >= 0.6 is 0 Å². The van der Waals surface area contributed by atoms with Gasteiger partial charge in [0.2, 0.25) is 0 Å². The average molecular weight is 296 g/mol. The molecule has 0 spiro atoms. The van der Waals surface area contributed by atoms with Gasteiger partial charge in [-0.2, -0.15) is 0 Å². The number of methoxy groups -OCH3 is 1. The Morgan fingerprint density at radius 1 is 0.955 bits per heavy atom. The molecule has 3 heteroatoms. The number of aryl methyl sites for hydroxylation is 1. The van der Waals surface area contributed by atoms with Crippen LogP contribution in [0.1, 0.15) is 40.2 Å². The van der Waals surface area contributed by atoms with Crippen LogP contribution in [0.2, 0.25) is 0 Å². The van der Waals surface area contributed by atoms with Gasteiger partial charge < -0.3 is 4.74 Å². The van der Waals surface area contributed by atoms with E-state index in [-0.39, 0.29) is 24.1 Å². The van der Waals surface area contributed by atoms with Crippen molar-refractivity contribution in [1.82, 2.24) is 0 Å². The summed E-state index contributed by atoms with van der Waals surface area (Å²) in [6, 6.07) is 17.1. The molecule has 2 rings (SSSR count). The molecule has 0 heterocycles. The Bertz CT molecular complexity index is 629. The Kier molecular flexibility index (Phi) is 5.48. The predicted octanol–water partition coefficient (Wildman–Crippen LogP) is 3.91. The Morgan fingerprint density at radius 3 is 2.18 bits per heavy atom. The van der Waals surface area contributed by atoms with Gasteiger partial charge >= 0.3 is 5.97 Å². The van der Waals surface area contributed by atoms with Crippen LogP contribution < -0.4 is 0 Å².